The van der Waals surface area contributed by atoms with Crippen molar-refractivity contribution in [2.45, 2.75) is 18.1 Å². The second-order valence-electron chi connectivity index (χ2n) is 3.00. The summed E-state index contributed by atoms with van der Waals surface area (Å²) in [7, 11) is 0. The molecule has 0 aromatic rings. The number of rotatable bonds is 7. The van der Waals surface area contributed by atoms with Gasteiger partial charge < -0.3 is 20.6 Å². The fourth-order valence-electron chi connectivity index (χ4n) is 0.739. The highest BCUT2D eigenvalue weighted by Crippen LogP contribution is 2.26. The van der Waals surface area contributed by atoms with Crippen molar-refractivity contribution in [2.75, 3.05) is 12.5 Å². The summed E-state index contributed by atoms with van der Waals surface area (Å²) in [5.41, 5.74) is 0. The minimum Gasteiger partial charge on any atom is -0.480 e. The van der Waals surface area contributed by atoms with Gasteiger partial charge in [0.1, 0.15) is 6.73 Å². The predicted molar refractivity (Wildman–Crippen MR) is 56.0 cm³/mol. The van der Waals surface area contributed by atoms with Gasteiger partial charge in [-0.25, -0.2) is 0 Å². The smallest absolute Gasteiger partial charge is 0.331 e. The highest BCUT2D eigenvalue weighted by Gasteiger charge is 2.42. The number of thioether (sulfide) groups is 1. The average molecular weight is 251 g/mol. The zero-order valence-corrected chi connectivity index (χ0v) is 9.41. The summed E-state index contributed by atoms with van der Waals surface area (Å²) in [6, 6.07) is 0. The van der Waals surface area contributed by atoms with Crippen LogP contribution in [0.5, 0.6) is 0 Å². The molecule has 0 aliphatic carbocycles. The van der Waals surface area contributed by atoms with Gasteiger partial charge in [0.15, 0.2) is 0 Å². The highest BCUT2D eigenvalue weighted by molar-refractivity contribution is 8.02. The van der Waals surface area contributed by atoms with E-state index in [2.05, 4.69) is 5.32 Å². The van der Waals surface area contributed by atoms with Crippen molar-refractivity contribution < 1.29 is 29.7 Å². The topological polar surface area (TPSA) is 124 Å². The van der Waals surface area contributed by atoms with Crippen LogP contribution in [0.4, 0.5) is 0 Å². The van der Waals surface area contributed by atoms with Crippen molar-refractivity contribution in [1.29, 1.82) is 0 Å². The second-order valence-corrected chi connectivity index (χ2v) is 4.51. The Kier molecular flexibility index (Phi) is 5.83. The third-order valence-corrected chi connectivity index (χ3v) is 3.15. The number of carbonyl (C=O) groups excluding carboxylic acids is 1. The number of carboxylic acid groups (broad SMARTS) is 2. The SMILES string of the molecule is CC(SCCC(=O)NCO)(C(=O)O)C(=O)O. The Morgan fingerprint density at radius 3 is 2.12 bits per heavy atom. The zero-order chi connectivity index (χ0) is 12.8. The molecule has 0 aliphatic heterocycles. The van der Waals surface area contributed by atoms with E-state index in [-0.39, 0.29) is 12.2 Å². The molecule has 16 heavy (non-hydrogen) atoms. The third kappa shape index (κ3) is 4.07. The summed E-state index contributed by atoms with van der Waals surface area (Å²) in [6.45, 7) is 0.560. The van der Waals surface area contributed by atoms with Gasteiger partial charge in [0, 0.05) is 12.2 Å². The number of nitrogens with one attached hydrogen (secondary N) is 1. The van der Waals surface area contributed by atoms with Crippen LogP contribution in [0.1, 0.15) is 13.3 Å². The Balaban J connectivity index is 4.20. The van der Waals surface area contributed by atoms with Crippen LogP contribution in [0.3, 0.4) is 0 Å². The van der Waals surface area contributed by atoms with Crippen molar-refractivity contribution in [3.63, 3.8) is 0 Å². The number of aliphatic carboxylic acids is 2. The van der Waals surface area contributed by atoms with E-state index >= 15 is 0 Å². The van der Waals surface area contributed by atoms with Gasteiger partial charge in [0.05, 0.1) is 0 Å². The van der Waals surface area contributed by atoms with Crippen LogP contribution in [0, 0.1) is 0 Å². The predicted octanol–water partition coefficient (Wildman–Crippen LogP) is -0.896. The summed E-state index contributed by atoms with van der Waals surface area (Å²) in [5, 5.41) is 27.9. The standard InChI is InChI=1S/C8H13NO6S/c1-8(6(12)13,7(14)15)16-3-2-5(11)9-4-10/h10H,2-4H2,1H3,(H,9,11)(H,12,13)(H,14,15). The van der Waals surface area contributed by atoms with Crippen molar-refractivity contribution in [3.8, 4) is 0 Å². The number of carboxylic acids is 2. The molecule has 0 spiro atoms. The molecule has 8 heteroatoms. The van der Waals surface area contributed by atoms with Gasteiger partial charge in [-0.15, -0.1) is 11.8 Å². The lowest BCUT2D eigenvalue weighted by molar-refractivity contribution is -0.151. The summed E-state index contributed by atoms with van der Waals surface area (Å²) >= 11 is 0.653. The molecule has 0 heterocycles. The molecule has 0 aliphatic rings. The Morgan fingerprint density at radius 1 is 1.25 bits per heavy atom. The number of carbonyl (C=O) groups is 3. The third-order valence-electron chi connectivity index (χ3n) is 1.81. The lowest BCUT2D eigenvalue weighted by Crippen LogP contribution is -2.40. The van der Waals surface area contributed by atoms with Crippen LogP contribution in [-0.2, 0) is 14.4 Å². The molecule has 0 fully saturated rings. The molecule has 0 radical (unpaired) electrons. The van der Waals surface area contributed by atoms with E-state index in [1.165, 1.54) is 0 Å². The number of hydrogen-bond acceptors (Lipinski definition) is 5. The van der Waals surface area contributed by atoms with Crippen LogP contribution in [-0.4, -0.2) is 50.4 Å². The van der Waals surface area contributed by atoms with Gasteiger partial charge >= 0.3 is 11.9 Å². The molecule has 92 valence electrons. The second kappa shape index (κ2) is 6.33. The molecular weight excluding hydrogens is 238 g/mol. The quantitative estimate of drug-likeness (QED) is 0.341. The first-order valence-electron chi connectivity index (χ1n) is 4.33. The molecule has 0 saturated carbocycles. The lowest BCUT2D eigenvalue weighted by Gasteiger charge is -2.18. The van der Waals surface area contributed by atoms with E-state index in [9.17, 15) is 14.4 Å². The van der Waals surface area contributed by atoms with E-state index in [1.54, 1.807) is 0 Å². The number of hydrogen-bond donors (Lipinski definition) is 4. The number of amides is 1. The fourth-order valence-corrected chi connectivity index (χ4v) is 1.68. The van der Waals surface area contributed by atoms with Crippen LogP contribution in [0.25, 0.3) is 0 Å². The van der Waals surface area contributed by atoms with Gasteiger partial charge in [-0.2, -0.15) is 0 Å². The molecule has 0 unspecified atom stereocenters. The minimum atomic E-state index is -1.96. The first kappa shape index (κ1) is 14.7. The summed E-state index contributed by atoms with van der Waals surface area (Å²) in [5.74, 6) is -3.35. The Morgan fingerprint density at radius 2 is 1.75 bits per heavy atom. The molecule has 0 rings (SSSR count). The van der Waals surface area contributed by atoms with E-state index in [4.69, 9.17) is 15.3 Å². The van der Waals surface area contributed by atoms with Crippen LogP contribution < -0.4 is 5.32 Å². The van der Waals surface area contributed by atoms with Crippen LogP contribution in [0.2, 0.25) is 0 Å². The van der Waals surface area contributed by atoms with Crippen molar-refractivity contribution in [2.24, 2.45) is 0 Å². The Labute approximate surface area is 95.8 Å². The van der Waals surface area contributed by atoms with Crippen molar-refractivity contribution >= 4 is 29.6 Å². The molecule has 0 atom stereocenters. The minimum absolute atomic E-state index is 0.0426. The number of aliphatic hydroxyl groups is 1. The first-order chi connectivity index (χ1) is 7.34. The van der Waals surface area contributed by atoms with Gasteiger partial charge in [-0.05, 0) is 6.92 Å². The molecule has 0 bridgehead atoms. The highest BCUT2D eigenvalue weighted by atomic mass is 32.2. The van der Waals surface area contributed by atoms with E-state index in [0.29, 0.717) is 11.8 Å². The molecular formula is C8H13NO6S. The number of aliphatic hydroxyl groups excluding tert-OH is 1. The summed E-state index contributed by atoms with van der Waals surface area (Å²) in [6.07, 6.45) is -0.0542. The van der Waals surface area contributed by atoms with E-state index < -0.39 is 29.3 Å². The monoisotopic (exact) mass is 251 g/mol. The van der Waals surface area contributed by atoms with Gasteiger partial charge in [-0.3, -0.25) is 14.4 Å². The van der Waals surface area contributed by atoms with Crippen molar-refractivity contribution in [1.82, 2.24) is 5.32 Å². The normalized spacial score (nSPS) is 10.9. The summed E-state index contributed by atoms with van der Waals surface area (Å²) in [4.78, 5) is 32.3. The van der Waals surface area contributed by atoms with Crippen molar-refractivity contribution in [3.05, 3.63) is 0 Å². The maximum atomic E-state index is 10.9. The maximum absolute atomic E-state index is 10.9. The molecule has 7 nitrogen and oxygen atoms in total. The largest absolute Gasteiger partial charge is 0.480 e. The molecule has 0 aromatic carbocycles. The molecule has 1 amide bonds. The zero-order valence-electron chi connectivity index (χ0n) is 8.60. The Hall–Kier alpha value is -1.28. The molecule has 0 aromatic heterocycles. The van der Waals surface area contributed by atoms with Gasteiger partial charge in [0.2, 0.25) is 10.7 Å². The van der Waals surface area contributed by atoms with Crippen LogP contribution >= 0.6 is 11.8 Å². The van der Waals surface area contributed by atoms with Gasteiger partial charge in [0.25, 0.3) is 0 Å². The summed E-state index contributed by atoms with van der Waals surface area (Å²) < 4.78 is -1.96. The van der Waals surface area contributed by atoms with Crippen LogP contribution in [0.15, 0.2) is 0 Å². The molecule has 0 saturated heterocycles. The lowest BCUT2D eigenvalue weighted by atomic mass is 10.2. The fraction of sp³-hybridized carbons (Fsp3) is 0.625. The Bertz CT molecular complexity index is 278. The average Bonchev–Trinajstić information content (AvgIpc) is 2.17. The first-order valence-corrected chi connectivity index (χ1v) is 5.31. The maximum Gasteiger partial charge on any atom is 0.331 e. The van der Waals surface area contributed by atoms with Gasteiger partial charge in [-0.1, -0.05) is 0 Å². The van der Waals surface area contributed by atoms with E-state index in [1.807, 2.05) is 0 Å². The van der Waals surface area contributed by atoms with E-state index in [0.717, 1.165) is 6.92 Å². The molecule has 4 N–H and O–H groups in total.